The summed E-state index contributed by atoms with van der Waals surface area (Å²) < 4.78 is 16.4. The van der Waals surface area contributed by atoms with Crippen molar-refractivity contribution in [1.29, 1.82) is 0 Å². The Morgan fingerprint density at radius 2 is 1.97 bits per heavy atom. The predicted octanol–water partition coefficient (Wildman–Crippen LogP) is 3.05. The summed E-state index contributed by atoms with van der Waals surface area (Å²) in [5, 5.41) is 7.09. The van der Waals surface area contributed by atoms with E-state index in [0.29, 0.717) is 13.2 Å². The molecule has 2 N–H and O–H groups in total. The molecule has 172 valence electrons. The normalized spacial score (nSPS) is 19.7. The number of pyridine rings is 1. The Balaban J connectivity index is 1.50. The van der Waals surface area contributed by atoms with Crippen LogP contribution in [0, 0.1) is 5.92 Å². The Hall–Kier alpha value is -3.52. The lowest BCUT2D eigenvalue weighted by molar-refractivity contribution is 0.0951. The van der Waals surface area contributed by atoms with Crippen LogP contribution in [-0.2, 0) is 4.74 Å². The molecule has 0 aliphatic carbocycles. The number of carbonyl (C=O) groups is 1. The molecule has 33 heavy (non-hydrogen) atoms. The van der Waals surface area contributed by atoms with Crippen LogP contribution in [0.5, 0.6) is 11.5 Å². The molecule has 2 aliphatic rings. The minimum atomic E-state index is -0.333. The molecular weight excluding hydrogens is 420 g/mol. The smallest absolute Gasteiger partial charge is 0.407 e. The third kappa shape index (κ3) is 4.39. The molecule has 1 amide bonds. The number of rotatable bonds is 7. The van der Waals surface area contributed by atoms with E-state index in [-0.39, 0.29) is 18.1 Å². The van der Waals surface area contributed by atoms with E-state index >= 15 is 0 Å². The first kappa shape index (κ1) is 21.3. The van der Waals surface area contributed by atoms with Crippen LogP contribution in [0.15, 0.2) is 48.5 Å². The first-order chi connectivity index (χ1) is 16.1. The zero-order valence-electron chi connectivity index (χ0n) is 18.8. The van der Waals surface area contributed by atoms with Crippen LogP contribution in [0.1, 0.15) is 0 Å². The van der Waals surface area contributed by atoms with Gasteiger partial charge in [0.05, 0.1) is 31.0 Å². The Kier molecular flexibility index (Phi) is 5.92. The maximum Gasteiger partial charge on any atom is 0.407 e. The van der Waals surface area contributed by atoms with Gasteiger partial charge in [-0.25, -0.2) is 9.78 Å². The largest absolute Gasteiger partial charge is 0.497 e. The highest BCUT2D eigenvalue weighted by Crippen LogP contribution is 2.36. The number of aromatic nitrogens is 1. The van der Waals surface area contributed by atoms with E-state index in [1.54, 1.807) is 7.11 Å². The number of carbonyl (C=O) groups excluding carboxylic acids is 1. The van der Waals surface area contributed by atoms with Crippen molar-refractivity contribution in [2.75, 3.05) is 51.9 Å². The van der Waals surface area contributed by atoms with Crippen LogP contribution in [0.3, 0.4) is 0 Å². The molecule has 8 heteroatoms. The van der Waals surface area contributed by atoms with Gasteiger partial charge in [0.2, 0.25) is 0 Å². The molecule has 3 aromatic rings. The van der Waals surface area contributed by atoms with Gasteiger partial charge in [0.15, 0.2) is 0 Å². The van der Waals surface area contributed by atoms with Gasteiger partial charge in [-0.2, -0.15) is 0 Å². The molecule has 0 saturated carbocycles. The summed E-state index contributed by atoms with van der Waals surface area (Å²) in [4.78, 5) is 19.0. The van der Waals surface area contributed by atoms with Gasteiger partial charge in [-0.1, -0.05) is 0 Å². The number of nitrogens with one attached hydrogen (secondary N) is 2. The van der Waals surface area contributed by atoms with Crippen molar-refractivity contribution in [3.8, 4) is 22.8 Å². The number of alkyl carbamates (subject to hydrolysis) is 1. The number of ether oxygens (including phenoxy) is 3. The third-order valence-electron chi connectivity index (χ3n) is 6.28. The van der Waals surface area contributed by atoms with Crippen LogP contribution in [0.4, 0.5) is 10.5 Å². The standard InChI is InChI=1S/C25H28N4O4/c1-26-9-10-32-18-5-3-16(4-6-18)21-12-24(20-8-7-19(31-2)11-22(20)27-21)29-13-17-15-33-25(30)28-23(17)14-29/h3-8,11-12,17,23,26H,9-10,13-15H2,1-2H3,(H,28,30). The monoisotopic (exact) mass is 448 g/mol. The number of likely N-dealkylation sites (N-methyl/N-ethyl adjacent to an activating group) is 1. The summed E-state index contributed by atoms with van der Waals surface area (Å²) >= 11 is 0. The van der Waals surface area contributed by atoms with E-state index in [1.165, 1.54) is 0 Å². The predicted molar refractivity (Wildman–Crippen MR) is 127 cm³/mol. The number of methoxy groups -OCH3 is 1. The zero-order chi connectivity index (χ0) is 22.8. The van der Waals surface area contributed by atoms with Gasteiger partial charge < -0.3 is 29.7 Å². The Labute approximate surface area is 192 Å². The van der Waals surface area contributed by atoms with Crippen molar-refractivity contribution in [2.24, 2.45) is 5.92 Å². The first-order valence-corrected chi connectivity index (χ1v) is 11.2. The van der Waals surface area contributed by atoms with Crippen molar-refractivity contribution in [1.82, 2.24) is 15.6 Å². The molecular formula is C25H28N4O4. The highest BCUT2D eigenvalue weighted by Gasteiger charge is 2.38. The van der Waals surface area contributed by atoms with Gasteiger partial charge in [-0.3, -0.25) is 0 Å². The fourth-order valence-corrected chi connectivity index (χ4v) is 4.50. The van der Waals surface area contributed by atoms with Gasteiger partial charge in [0.25, 0.3) is 0 Å². The van der Waals surface area contributed by atoms with E-state index in [9.17, 15) is 4.79 Å². The number of anilines is 1. The van der Waals surface area contributed by atoms with Gasteiger partial charge in [-0.05, 0) is 49.5 Å². The summed E-state index contributed by atoms with van der Waals surface area (Å²) in [6.07, 6.45) is -0.333. The second-order valence-corrected chi connectivity index (χ2v) is 8.40. The van der Waals surface area contributed by atoms with E-state index in [2.05, 4.69) is 27.7 Å². The van der Waals surface area contributed by atoms with Crippen LogP contribution in [0.2, 0.25) is 0 Å². The summed E-state index contributed by atoms with van der Waals surface area (Å²) in [5.41, 5.74) is 3.85. The molecule has 0 spiro atoms. The van der Waals surface area contributed by atoms with E-state index in [1.807, 2.05) is 43.4 Å². The molecule has 2 saturated heterocycles. The lowest BCUT2D eigenvalue weighted by Crippen LogP contribution is -2.47. The minimum absolute atomic E-state index is 0.0882. The van der Waals surface area contributed by atoms with E-state index in [4.69, 9.17) is 19.2 Å². The molecule has 1 aromatic heterocycles. The molecule has 2 aromatic carbocycles. The van der Waals surface area contributed by atoms with Crippen LogP contribution in [0.25, 0.3) is 22.2 Å². The second-order valence-electron chi connectivity index (χ2n) is 8.40. The van der Waals surface area contributed by atoms with Gasteiger partial charge in [0.1, 0.15) is 18.1 Å². The van der Waals surface area contributed by atoms with Crippen molar-refractivity contribution >= 4 is 22.7 Å². The van der Waals surface area contributed by atoms with Crippen molar-refractivity contribution in [3.05, 3.63) is 48.5 Å². The molecule has 5 rings (SSSR count). The molecule has 2 fully saturated rings. The van der Waals surface area contributed by atoms with Gasteiger partial charge in [0, 0.05) is 48.3 Å². The lowest BCUT2D eigenvalue weighted by atomic mass is 10.0. The molecule has 8 nitrogen and oxygen atoms in total. The third-order valence-corrected chi connectivity index (χ3v) is 6.28. The molecule has 2 unspecified atom stereocenters. The average Bonchev–Trinajstić information content (AvgIpc) is 3.26. The van der Waals surface area contributed by atoms with Crippen molar-refractivity contribution in [2.45, 2.75) is 6.04 Å². The summed E-state index contributed by atoms with van der Waals surface area (Å²) in [7, 11) is 3.56. The summed E-state index contributed by atoms with van der Waals surface area (Å²) in [6, 6.07) is 16.2. The SMILES string of the molecule is CNCCOc1ccc(-c2cc(N3CC4COC(=O)NC4C3)c3ccc(OC)cc3n2)cc1. The fraction of sp³-hybridized carbons (Fsp3) is 0.360. The van der Waals surface area contributed by atoms with E-state index < -0.39 is 0 Å². The Morgan fingerprint density at radius 3 is 2.76 bits per heavy atom. The number of amides is 1. The van der Waals surface area contributed by atoms with Crippen LogP contribution >= 0.6 is 0 Å². The Morgan fingerprint density at radius 1 is 1.15 bits per heavy atom. The van der Waals surface area contributed by atoms with Crippen molar-refractivity contribution in [3.63, 3.8) is 0 Å². The average molecular weight is 449 g/mol. The summed E-state index contributed by atoms with van der Waals surface area (Å²) in [6.45, 7) is 3.41. The zero-order valence-corrected chi connectivity index (χ0v) is 18.8. The molecule has 0 bridgehead atoms. The van der Waals surface area contributed by atoms with E-state index in [0.717, 1.165) is 59.0 Å². The number of benzene rings is 2. The number of fused-ring (bicyclic) bond motifs is 2. The first-order valence-electron chi connectivity index (χ1n) is 11.2. The highest BCUT2D eigenvalue weighted by atomic mass is 16.6. The number of nitrogens with zero attached hydrogens (tertiary/aromatic N) is 2. The number of hydrogen-bond donors (Lipinski definition) is 2. The second kappa shape index (κ2) is 9.15. The van der Waals surface area contributed by atoms with Gasteiger partial charge >= 0.3 is 6.09 Å². The Bertz CT molecular complexity index is 1150. The maximum atomic E-state index is 11.7. The van der Waals surface area contributed by atoms with Crippen LogP contribution in [-0.4, -0.2) is 64.1 Å². The summed E-state index contributed by atoms with van der Waals surface area (Å²) in [5.74, 6) is 1.86. The molecule has 2 atom stereocenters. The fourth-order valence-electron chi connectivity index (χ4n) is 4.50. The number of hydrogen-bond acceptors (Lipinski definition) is 7. The minimum Gasteiger partial charge on any atom is -0.497 e. The quantitative estimate of drug-likeness (QED) is 0.538. The molecule has 3 heterocycles. The number of cyclic esters (lactones) is 1. The maximum absolute atomic E-state index is 11.7. The topological polar surface area (TPSA) is 85.0 Å². The van der Waals surface area contributed by atoms with Gasteiger partial charge in [-0.15, -0.1) is 0 Å². The molecule has 2 aliphatic heterocycles. The highest BCUT2D eigenvalue weighted by molar-refractivity contribution is 5.95. The van der Waals surface area contributed by atoms with Crippen LogP contribution < -0.4 is 25.0 Å². The lowest BCUT2D eigenvalue weighted by Gasteiger charge is -2.24. The van der Waals surface area contributed by atoms with Crippen molar-refractivity contribution < 1.29 is 19.0 Å². The molecule has 0 radical (unpaired) electrons.